The second kappa shape index (κ2) is 9.90. The molecule has 3 aromatic rings. The first-order chi connectivity index (χ1) is 16.3. The van der Waals surface area contributed by atoms with E-state index in [1.54, 1.807) is 31.4 Å². The Balaban J connectivity index is 1.49. The number of esters is 1. The molecule has 180 valence electrons. The van der Waals surface area contributed by atoms with Gasteiger partial charge in [-0.3, -0.25) is 0 Å². The van der Waals surface area contributed by atoms with Gasteiger partial charge in [-0.05, 0) is 62.2 Å². The molecule has 34 heavy (non-hydrogen) atoms. The highest BCUT2D eigenvalue weighted by molar-refractivity contribution is 7.89. The molecule has 1 aliphatic heterocycles. The van der Waals surface area contributed by atoms with Crippen LogP contribution in [0.25, 0.3) is 11.5 Å². The number of aromatic nitrogens is 2. The minimum Gasteiger partial charge on any atom is -0.497 e. The average Bonchev–Trinajstić information content (AvgIpc) is 3.35. The van der Waals surface area contributed by atoms with E-state index >= 15 is 0 Å². The van der Waals surface area contributed by atoms with Gasteiger partial charge in [0, 0.05) is 18.7 Å². The first-order valence-electron chi connectivity index (χ1n) is 10.8. The Hall–Kier alpha value is -3.31. The number of halogens is 1. The van der Waals surface area contributed by atoms with Gasteiger partial charge in [-0.1, -0.05) is 6.42 Å². The van der Waals surface area contributed by atoms with Crippen LogP contribution in [0, 0.1) is 5.82 Å². The van der Waals surface area contributed by atoms with E-state index in [-0.39, 0.29) is 17.3 Å². The van der Waals surface area contributed by atoms with Crippen molar-refractivity contribution in [1.29, 1.82) is 0 Å². The second-order valence-corrected chi connectivity index (χ2v) is 9.74. The standard InChI is InChI=1S/C23H24FN3O6S/c1-15(21-25-26-22(33-21)16-6-9-18(31-2)10-7-16)32-23(28)17-8-11-19(24)20(14-17)34(29,30)27-12-4-3-5-13-27/h6-11,14-15H,3-5,12-13H2,1-2H3. The van der Waals surface area contributed by atoms with E-state index in [0.717, 1.165) is 18.6 Å². The highest BCUT2D eigenvalue weighted by atomic mass is 32.2. The lowest BCUT2D eigenvalue weighted by molar-refractivity contribution is 0.0279. The van der Waals surface area contributed by atoms with Crippen LogP contribution >= 0.6 is 0 Å². The molecule has 1 aliphatic rings. The fourth-order valence-corrected chi connectivity index (χ4v) is 5.21. The monoisotopic (exact) mass is 489 g/mol. The number of piperidine rings is 1. The Bertz CT molecular complexity index is 1270. The molecule has 1 unspecified atom stereocenters. The summed E-state index contributed by atoms with van der Waals surface area (Å²) in [5, 5.41) is 7.90. The number of sulfonamides is 1. The Morgan fingerprint density at radius 1 is 1.09 bits per heavy atom. The number of nitrogens with zero attached hydrogens (tertiary/aromatic N) is 3. The van der Waals surface area contributed by atoms with Crippen molar-refractivity contribution >= 4 is 16.0 Å². The maximum absolute atomic E-state index is 14.4. The van der Waals surface area contributed by atoms with Gasteiger partial charge in [0.2, 0.25) is 15.9 Å². The van der Waals surface area contributed by atoms with E-state index in [1.165, 1.54) is 17.3 Å². The fraction of sp³-hybridized carbons (Fsp3) is 0.348. The van der Waals surface area contributed by atoms with Gasteiger partial charge in [0.05, 0.1) is 12.7 Å². The lowest BCUT2D eigenvalue weighted by atomic mass is 10.2. The van der Waals surface area contributed by atoms with Crippen molar-refractivity contribution in [1.82, 2.24) is 14.5 Å². The van der Waals surface area contributed by atoms with E-state index in [1.807, 2.05) is 0 Å². The van der Waals surface area contributed by atoms with Crippen molar-refractivity contribution in [2.24, 2.45) is 0 Å². The number of rotatable bonds is 7. The largest absolute Gasteiger partial charge is 0.497 e. The van der Waals surface area contributed by atoms with Crippen molar-refractivity contribution in [2.45, 2.75) is 37.2 Å². The summed E-state index contributed by atoms with van der Waals surface area (Å²) in [6.07, 6.45) is 1.43. The number of carbonyl (C=O) groups excluding carboxylic acids is 1. The van der Waals surface area contributed by atoms with E-state index in [2.05, 4.69) is 10.2 Å². The lowest BCUT2D eigenvalue weighted by Gasteiger charge is -2.26. The minimum absolute atomic E-state index is 0.0578. The number of hydrogen-bond donors (Lipinski definition) is 0. The highest BCUT2D eigenvalue weighted by Gasteiger charge is 2.30. The van der Waals surface area contributed by atoms with Gasteiger partial charge >= 0.3 is 5.97 Å². The van der Waals surface area contributed by atoms with Gasteiger partial charge in [-0.25, -0.2) is 17.6 Å². The van der Waals surface area contributed by atoms with Crippen LogP contribution in [0.2, 0.25) is 0 Å². The Morgan fingerprint density at radius 3 is 2.47 bits per heavy atom. The normalized spacial score (nSPS) is 15.6. The Morgan fingerprint density at radius 2 is 1.79 bits per heavy atom. The molecule has 1 atom stereocenters. The van der Waals surface area contributed by atoms with Crippen molar-refractivity contribution in [3.05, 3.63) is 59.7 Å². The summed E-state index contributed by atoms with van der Waals surface area (Å²) in [7, 11) is -2.50. The molecule has 4 rings (SSSR count). The van der Waals surface area contributed by atoms with Gasteiger partial charge in [0.1, 0.15) is 16.5 Å². The molecule has 0 N–H and O–H groups in total. The van der Waals surface area contributed by atoms with Crippen molar-refractivity contribution in [3.63, 3.8) is 0 Å². The Kier molecular flexibility index (Phi) is 6.94. The molecule has 0 amide bonds. The van der Waals surface area contributed by atoms with Gasteiger partial charge in [-0.2, -0.15) is 4.31 Å². The molecule has 1 aromatic heterocycles. The summed E-state index contributed by atoms with van der Waals surface area (Å²) in [4.78, 5) is 12.1. The van der Waals surface area contributed by atoms with Crippen LogP contribution in [-0.4, -0.2) is 49.1 Å². The smallest absolute Gasteiger partial charge is 0.338 e. The quantitative estimate of drug-likeness (QED) is 0.458. The maximum atomic E-state index is 14.4. The number of ether oxygens (including phenoxy) is 2. The molecule has 11 heteroatoms. The average molecular weight is 490 g/mol. The summed E-state index contributed by atoms with van der Waals surface area (Å²) in [5.41, 5.74) is 0.558. The molecule has 0 bridgehead atoms. The molecule has 0 spiro atoms. The van der Waals surface area contributed by atoms with Gasteiger partial charge in [-0.15, -0.1) is 10.2 Å². The van der Waals surface area contributed by atoms with Crippen molar-refractivity contribution in [2.75, 3.05) is 20.2 Å². The van der Waals surface area contributed by atoms with E-state index in [4.69, 9.17) is 13.9 Å². The predicted octanol–water partition coefficient (Wildman–Crippen LogP) is 3.98. The number of benzene rings is 2. The summed E-state index contributed by atoms with van der Waals surface area (Å²) in [6, 6.07) is 10.1. The van der Waals surface area contributed by atoms with Crippen LogP contribution in [0.15, 0.2) is 51.8 Å². The minimum atomic E-state index is -4.06. The third kappa shape index (κ3) is 4.95. The summed E-state index contributed by atoms with van der Waals surface area (Å²) < 4.78 is 57.6. The van der Waals surface area contributed by atoms with Crippen LogP contribution in [0.5, 0.6) is 5.75 Å². The zero-order valence-corrected chi connectivity index (χ0v) is 19.5. The molecule has 0 aliphatic carbocycles. The first kappa shape index (κ1) is 23.8. The molecular formula is C23H24FN3O6S. The molecule has 9 nitrogen and oxygen atoms in total. The predicted molar refractivity (Wildman–Crippen MR) is 119 cm³/mol. The zero-order chi connectivity index (χ0) is 24.3. The van der Waals surface area contributed by atoms with Gasteiger partial charge < -0.3 is 13.9 Å². The molecule has 0 radical (unpaired) electrons. The molecule has 2 heterocycles. The third-order valence-electron chi connectivity index (χ3n) is 5.51. The van der Waals surface area contributed by atoms with Gasteiger partial charge in [0.15, 0.2) is 6.10 Å². The van der Waals surface area contributed by atoms with Crippen LogP contribution < -0.4 is 4.74 Å². The second-order valence-electron chi connectivity index (χ2n) is 7.83. The Labute approximate surface area is 196 Å². The van der Waals surface area contributed by atoms with Gasteiger partial charge in [0.25, 0.3) is 5.89 Å². The van der Waals surface area contributed by atoms with Crippen LogP contribution in [-0.2, 0) is 14.8 Å². The van der Waals surface area contributed by atoms with Crippen LogP contribution in [0.3, 0.4) is 0 Å². The van der Waals surface area contributed by atoms with Crippen LogP contribution in [0.4, 0.5) is 4.39 Å². The first-order valence-corrected chi connectivity index (χ1v) is 12.2. The van der Waals surface area contributed by atoms with E-state index in [0.29, 0.717) is 37.2 Å². The SMILES string of the molecule is COc1ccc(-c2nnc(C(C)OC(=O)c3ccc(F)c(S(=O)(=O)N4CCCCC4)c3)o2)cc1. The maximum Gasteiger partial charge on any atom is 0.338 e. The number of methoxy groups -OCH3 is 1. The molecular weight excluding hydrogens is 465 g/mol. The lowest BCUT2D eigenvalue weighted by Crippen LogP contribution is -2.36. The van der Waals surface area contributed by atoms with Crippen molar-refractivity contribution < 1.29 is 31.5 Å². The molecule has 2 aromatic carbocycles. The van der Waals surface area contributed by atoms with Crippen LogP contribution in [0.1, 0.15) is 48.5 Å². The summed E-state index contributed by atoms with van der Waals surface area (Å²) >= 11 is 0. The molecule has 0 saturated carbocycles. The summed E-state index contributed by atoms with van der Waals surface area (Å²) in [6.45, 7) is 2.18. The third-order valence-corrected chi connectivity index (χ3v) is 7.42. The summed E-state index contributed by atoms with van der Waals surface area (Å²) in [5.74, 6) is -0.797. The number of hydrogen-bond acceptors (Lipinski definition) is 8. The fourth-order valence-electron chi connectivity index (χ4n) is 3.60. The molecule has 1 fully saturated rings. The number of carbonyl (C=O) groups is 1. The van der Waals surface area contributed by atoms with E-state index in [9.17, 15) is 17.6 Å². The van der Waals surface area contributed by atoms with Crippen molar-refractivity contribution in [3.8, 4) is 17.2 Å². The van der Waals surface area contributed by atoms with E-state index < -0.39 is 32.8 Å². The highest BCUT2D eigenvalue weighted by Crippen LogP contribution is 2.27. The zero-order valence-electron chi connectivity index (χ0n) is 18.7. The topological polar surface area (TPSA) is 112 Å². The molecule has 1 saturated heterocycles.